The highest BCUT2D eigenvalue weighted by Gasteiger charge is 2.19. The first-order chi connectivity index (χ1) is 15.8. The first-order valence-electron chi connectivity index (χ1n) is 11.4. The van der Waals surface area contributed by atoms with Gasteiger partial charge in [-0.1, -0.05) is 51.1 Å². The number of ether oxygens (including phenoxy) is 1. The molecule has 0 radical (unpaired) electrons. The third kappa shape index (κ3) is 5.45. The van der Waals surface area contributed by atoms with Gasteiger partial charge in [0.1, 0.15) is 11.6 Å². The van der Waals surface area contributed by atoms with Crippen molar-refractivity contribution in [2.45, 2.75) is 52.1 Å². The number of rotatable bonds is 8. The minimum atomic E-state index is -0.210. The average molecular weight is 462 g/mol. The second-order valence-corrected chi connectivity index (χ2v) is 10.2. The highest BCUT2D eigenvalue weighted by molar-refractivity contribution is 7.12. The van der Waals surface area contributed by atoms with Crippen LogP contribution in [0.25, 0.3) is 11.0 Å². The number of carbonyl (C=O) groups excluding carboxylic acids is 1. The van der Waals surface area contributed by atoms with Gasteiger partial charge < -0.3 is 14.6 Å². The standard InChI is InChI=1S/C27H31N3O2S/c1-19(28-26(31)24-11-7-18-33-24)25-29-22-9-5-6-10-23(22)30(25)16-8-17-32-21-14-12-20(13-15-21)27(2,3)4/h5-7,9-15,18-19H,8,16-17H2,1-4H3,(H,28,31). The highest BCUT2D eigenvalue weighted by atomic mass is 32.1. The molecule has 172 valence electrons. The fraction of sp³-hybridized carbons (Fsp3) is 0.333. The van der Waals surface area contributed by atoms with Crippen LogP contribution in [0.15, 0.2) is 66.0 Å². The monoisotopic (exact) mass is 461 g/mol. The highest BCUT2D eigenvalue weighted by Crippen LogP contribution is 2.25. The molecule has 1 amide bonds. The second kappa shape index (κ2) is 9.79. The summed E-state index contributed by atoms with van der Waals surface area (Å²) in [6.45, 7) is 9.97. The van der Waals surface area contributed by atoms with Crippen LogP contribution in [0.4, 0.5) is 0 Å². The molecule has 2 aromatic carbocycles. The number of aromatic nitrogens is 2. The van der Waals surface area contributed by atoms with Crippen molar-refractivity contribution in [2.75, 3.05) is 6.61 Å². The zero-order valence-corrected chi connectivity index (χ0v) is 20.5. The molecule has 0 aliphatic carbocycles. The maximum absolute atomic E-state index is 12.6. The first-order valence-corrected chi connectivity index (χ1v) is 12.2. The van der Waals surface area contributed by atoms with Gasteiger partial charge in [0.2, 0.25) is 0 Å². The van der Waals surface area contributed by atoms with Gasteiger partial charge in [-0.05, 0) is 60.0 Å². The van der Waals surface area contributed by atoms with Gasteiger partial charge in [-0.2, -0.15) is 0 Å². The largest absolute Gasteiger partial charge is 0.494 e. The van der Waals surface area contributed by atoms with Crippen LogP contribution in [0.3, 0.4) is 0 Å². The Morgan fingerprint density at radius 3 is 2.55 bits per heavy atom. The van der Waals surface area contributed by atoms with Gasteiger partial charge in [0.15, 0.2) is 0 Å². The van der Waals surface area contributed by atoms with E-state index in [-0.39, 0.29) is 17.4 Å². The van der Waals surface area contributed by atoms with Gasteiger partial charge in [0.05, 0.1) is 28.6 Å². The maximum atomic E-state index is 12.6. The lowest BCUT2D eigenvalue weighted by atomic mass is 9.87. The smallest absolute Gasteiger partial charge is 0.261 e. The number of hydrogen-bond donors (Lipinski definition) is 1. The molecule has 0 saturated heterocycles. The predicted octanol–water partition coefficient (Wildman–Crippen LogP) is 6.36. The van der Waals surface area contributed by atoms with E-state index in [4.69, 9.17) is 9.72 Å². The molecule has 4 rings (SSSR count). The normalized spacial score (nSPS) is 12.6. The van der Waals surface area contributed by atoms with Gasteiger partial charge in [0, 0.05) is 6.54 Å². The Labute approximate surface area is 199 Å². The summed E-state index contributed by atoms with van der Waals surface area (Å²) in [5.74, 6) is 1.67. The second-order valence-electron chi connectivity index (χ2n) is 9.26. The van der Waals surface area contributed by atoms with E-state index in [2.05, 4.69) is 48.9 Å². The molecule has 4 aromatic rings. The van der Waals surface area contributed by atoms with Crippen molar-refractivity contribution in [2.24, 2.45) is 0 Å². The van der Waals surface area contributed by atoms with Gasteiger partial charge in [-0.3, -0.25) is 4.79 Å². The molecule has 6 heteroatoms. The van der Waals surface area contributed by atoms with Crippen molar-refractivity contribution in [3.8, 4) is 5.75 Å². The molecule has 1 N–H and O–H groups in total. The fourth-order valence-corrected chi connectivity index (χ4v) is 4.49. The van der Waals surface area contributed by atoms with Gasteiger partial charge in [-0.25, -0.2) is 4.98 Å². The van der Waals surface area contributed by atoms with E-state index in [0.717, 1.165) is 35.6 Å². The van der Waals surface area contributed by atoms with E-state index in [1.165, 1.54) is 16.9 Å². The molecule has 1 unspecified atom stereocenters. The minimum Gasteiger partial charge on any atom is -0.494 e. The van der Waals surface area contributed by atoms with Crippen LogP contribution in [-0.4, -0.2) is 22.1 Å². The molecule has 2 heterocycles. The van der Waals surface area contributed by atoms with E-state index in [1.54, 1.807) is 0 Å². The van der Waals surface area contributed by atoms with Crippen LogP contribution in [-0.2, 0) is 12.0 Å². The van der Waals surface area contributed by atoms with Crippen LogP contribution in [0.5, 0.6) is 5.75 Å². The average Bonchev–Trinajstić information content (AvgIpc) is 3.45. The summed E-state index contributed by atoms with van der Waals surface area (Å²) < 4.78 is 8.19. The van der Waals surface area contributed by atoms with Crippen LogP contribution in [0.1, 0.15) is 61.2 Å². The van der Waals surface area contributed by atoms with Gasteiger partial charge >= 0.3 is 0 Å². The van der Waals surface area contributed by atoms with E-state index >= 15 is 0 Å². The molecular formula is C27H31N3O2S. The van der Waals surface area contributed by atoms with Crippen LogP contribution in [0.2, 0.25) is 0 Å². The number of para-hydroxylation sites is 2. The molecule has 2 aromatic heterocycles. The van der Waals surface area contributed by atoms with Crippen molar-refractivity contribution >= 4 is 28.3 Å². The van der Waals surface area contributed by atoms with E-state index in [0.29, 0.717) is 11.5 Å². The maximum Gasteiger partial charge on any atom is 0.261 e. The summed E-state index contributed by atoms with van der Waals surface area (Å²) in [7, 11) is 0. The van der Waals surface area contributed by atoms with E-state index in [1.807, 2.05) is 54.8 Å². The molecule has 0 aliphatic heterocycles. The topological polar surface area (TPSA) is 56.2 Å². The molecular weight excluding hydrogens is 430 g/mol. The molecule has 0 fully saturated rings. The van der Waals surface area contributed by atoms with E-state index in [9.17, 15) is 4.79 Å². The summed E-state index contributed by atoms with van der Waals surface area (Å²) in [5.41, 5.74) is 3.43. The Morgan fingerprint density at radius 2 is 1.85 bits per heavy atom. The quantitative estimate of drug-likeness (QED) is 0.311. The summed E-state index contributed by atoms with van der Waals surface area (Å²) in [5, 5.41) is 5.00. The summed E-state index contributed by atoms with van der Waals surface area (Å²) in [4.78, 5) is 18.1. The summed E-state index contributed by atoms with van der Waals surface area (Å²) in [6.07, 6.45) is 0.833. The predicted molar refractivity (Wildman–Crippen MR) is 135 cm³/mol. The Balaban J connectivity index is 1.43. The number of carbonyl (C=O) groups is 1. The number of benzene rings is 2. The van der Waals surface area contributed by atoms with Crippen molar-refractivity contribution < 1.29 is 9.53 Å². The van der Waals surface area contributed by atoms with Crippen LogP contribution in [0, 0.1) is 0 Å². The molecule has 0 aliphatic rings. The lowest BCUT2D eigenvalue weighted by Crippen LogP contribution is -2.28. The molecule has 0 saturated carbocycles. The number of imidazole rings is 1. The zero-order valence-electron chi connectivity index (χ0n) is 19.7. The van der Waals surface area contributed by atoms with Crippen molar-refractivity contribution in [1.82, 2.24) is 14.9 Å². The van der Waals surface area contributed by atoms with Crippen molar-refractivity contribution in [1.29, 1.82) is 0 Å². The van der Waals surface area contributed by atoms with Gasteiger partial charge in [0.25, 0.3) is 5.91 Å². The number of fused-ring (bicyclic) bond motifs is 1. The van der Waals surface area contributed by atoms with Gasteiger partial charge in [-0.15, -0.1) is 11.3 Å². The van der Waals surface area contributed by atoms with Crippen molar-refractivity contribution in [3.63, 3.8) is 0 Å². The summed E-state index contributed by atoms with van der Waals surface area (Å²) in [6, 6.07) is 20.0. The molecule has 1 atom stereocenters. The minimum absolute atomic E-state index is 0.0712. The Kier molecular flexibility index (Phi) is 6.84. The number of hydrogen-bond acceptors (Lipinski definition) is 4. The lowest BCUT2D eigenvalue weighted by molar-refractivity contribution is 0.0941. The third-order valence-corrected chi connectivity index (χ3v) is 6.55. The Bertz CT molecular complexity index is 1200. The first kappa shape index (κ1) is 23.1. The molecule has 0 spiro atoms. The Morgan fingerprint density at radius 1 is 1.09 bits per heavy atom. The Hall–Kier alpha value is -3.12. The molecule has 5 nitrogen and oxygen atoms in total. The van der Waals surface area contributed by atoms with E-state index < -0.39 is 0 Å². The molecule has 33 heavy (non-hydrogen) atoms. The lowest BCUT2D eigenvalue weighted by Gasteiger charge is -2.19. The van der Waals surface area contributed by atoms with Crippen molar-refractivity contribution in [3.05, 3.63) is 82.3 Å². The third-order valence-electron chi connectivity index (χ3n) is 5.68. The van der Waals surface area contributed by atoms with Crippen LogP contribution < -0.4 is 10.1 Å². The number of nitrogens with one attached hydrogen (secondary N) is 1. The SMILES string of the molecule is CC(NC(=O)c1cccs1)c1nc2ccccc2n1CCCOc1ccc(C(C)(C)C)cc1. The number of thiophene rings is 1. The fourth-order valence-electron chi connectivity index (χ4n) is 3.86. The molecule has 0 bridgehead atoms. The number of nitrogens with zero attached hydrogens (tertiary/aromatic N) is 2. The number of amides is 1. The zero-order chi connectivity index (χ0) is 23.4. The van der Waals surface area contributed by atoms with Crippen LogP contribution >= 0.6 is 11.3 Å². The number of aryl methyl sites for hydroxylation is 1. The summed E-state index contributed by atoms with van der Waals surface area (Å²) >= 11 is 1.44.